The van der Waals surface area contributed by atoms with Crippen LogP contribution in [0.5, 0.6) is 0 Å². The van der Waals surface area contributed by atoms with Crippen LogP contribution in [0.3, 0.4) is 0 Å². The number of aryl methyl sites for hydroxylation is 1. The van der Waals surface area contributed by atoms with Crippen molar-refractivity contribution in [3.63, 3.8) is 0 Å². The molecule has 146 valence electrons. The number of carbonyl (C=O) groups excluding carboxylic acids is 1. The lowest BCUT2D eigenvalue weighted by molar-refractivity contribution is 0.0951. The second-order valence-corrected chi connectivity index (χ2v) is 7.84. The van der Waals surface area contributed by atoms with Crippen molar-refractivity contribution in [1.82, 2.24) is 19.4 Å². The fourth-order valence-corrected chi connectivity index (χ4v) is 4.04. The molecule has 1 N–H and O–H groups in total. The van der Waals surface area contributed by atoms with Crippen LogP contribution in [0.4, 0.5) is 0 Å². The lowest BCUT2D eigenvalue weighted by Crippen LogP contribution is -2.32. The molecular weight excluding hydrogens is 368 g/mol. The van der Waals surface area contributed by atoms with Crippen molar-refractivity contribution in [2.45, 2.75) is 32.2 Å². The molecule has 1 aromatic carbocycles. The third-order valence-electron chi connectivity index (χ3n) is 4.07. The summed E-state index contributed by atoms with van der Waals surface area (Å²) in [6, 6.07) is 8.86. The van der Waals surface area contributed by atoms with E-state index in [1.54, 1.807) is 26.8 Å². The Labute approximate surface area is 158 Å². The molecule has 0 spiro atoms. The van der Waals surface area contributed by atoms with Crippen LogP contribution in [0, 0.1) is 6.92 Å². The Morgan fingerprint density at radius 2 is 1.74 bits per heavy atom. The van der Waals surface area contributed by atoms with Crippen LogP contribution in [-0.2, 0) is 16.6 Å². The standard InChI is InChI=1S/C18H24N4O4S/c1-4-21(5-2)27(25,26)16-9-7-15(8-10-16)18(24)19-12-13-22-17(23)11-6-14(3)20-22/h6-11H,4-5,12-13H2,1-3H3,(H,19,24). The number of rotatable bonds is 8. The van der Waals surface area contributed by atoms with Gasteiger partial charge in [-0.3, -0.25) is 9.59 Å². The lowest BCUT2D eigenvalue weighted by Gasteiger charge is -2.18. The highest BCUT2D eigenvalue weighted by atomic mass is 32.2. The largest absolute Gasteiger partial charge is 0.350 e. The molecule has 0 bridgehead atoms. The van der Waals surface area contributed by atoms with E-state index in [0.29, 0.717) is 24.3 Å². The fourth-order valence-electron chi connectivity index (χ4n) is 2.58. The molecule has 1 amide bonds. The van der Waals surface area contributed by atoms with Crippen molar-refractivity contribution in [2.24, 2.45) is 0 Å². The summed E-state index contributed by atoms with van der Waals surface area (Å²) in [5.74, 6) is -0.345. The Morgan fingerprint density at radius 1 is 1.11 bits per heavy atom. The van der Waals surface area contributed by atoms with Gasteiger partial charge in [-0.05, 0) is 37.3 Å². The number of nitrogens with zero attached hydrogens (tertiary/aromatic N) is 3. The van der Waals surface area contributed by atoms with E-state index in [1.165, 1.54) is 39.3 Å². The third kappa shape index (κ3) is 5.01. The third-order valence-corrected chi connectivity index (χ3v) is 6.13. The number of amides is 1. The van der Waals surface area contributed by atoms with E-state index >= 15 is 0 Å². The second kappa shape index (κ2) is 8.92. The van der Waals surface area contributed by atoms with Gasteiger partial charge in [-0.1, -0.05) is 13.8 Å². The Morgan fingerprint density at radius 3 is 2.33 bits per heavy atom. The minimum atomic E-state index is -3.55. The van der Waals surface area contributed by atoms with Gasteiger partial charge in [-0.2, -0.15) is 9.40 Å². The highest BCUT2D eigenvalue weighted by molar-refractivity contribution is 7.89. The van der Waals surface area contributed by atoms with Gasteiger partial charge in [0.15, 0.2) is 0 Å². The van der Waals surface area contributed by atoms with Gasteiger partial charge in [-0.25, -0.2) is 13.1 Å². The number of hydrogen-bond donors (Lipinski definition) is 1. The minimum Gasteiger partial charge on any atom is -0.350 e. The van der Waals surface area contributed by atoms with E-state index < -0.39 is 10.0 Å². The summed E-state index contributed by atoms with van der Waals surface area (Å²) < 4.78 is 27.5. The van der Waals surface area contributed by atoms with Gasteiger partial charge in [-0.15, -0.1) is 0 Å². The summed E-state index contributed by atoms with van der Waals surface area (Å²) in [6.45, 7) is 6.58. The Kier molecular flexibility index (Phi) is 6.86. The highest BCUT2D eigenvalue weighted by Crippen LogP contribution is 2.16. The number of carbonyl (C=O) groups is 1. The van der Waals surface area contributed by atoms with Crippen LogP contribution in [0.2, 0.25) is 0 Å². The maximum absolute atomic E-state index is 12.4. The predicted octanol–water partition coefficient (Wildman–Crippen LogP) is 1.01. The van der Waals surface area contributed by atoms with E-state index in [0.717, 1.165) is 0 Å². The van der Waals surface area contributed by atoms with Gasteiger partial charge >= 0.3 is 0 Å². The fraction of sp³-hybridized carbons (Fsp3) is 0.389. The Hall–Kier alpha value is -2.52. The minimum absolute atomic E-state index is 0.151. The first-order chi connectivity index (χ1) is 12.8. The normalized spacial score (nSPS) is 11.6. The number of sulfonamides is 1. The zero-order valence-corrected chi connectivity index (χ0v) is 16.5. The van der Waals surface area contributed by atoms with Crippen LogP contribution in [0.1, 0.15) is 29.9 Å². The molecule has 8 nitrogen and oxygen atoms in total. The molecule has 0 radical (unpaired) electrons. The predicted molar refractivity (Wildman–Crippen MR) is 102 cm³/mol. The molecule has 0 aliphatic carbocycles. The quantitative estimate of drug-likeness (QED) is 0.723. The molecule has 0 atom stereocenters. The van der Waals surface area contributed by atoms with Gasteiger partial charge in [0.2, 0.25) is 10.0 Å². The van der Waals surface area contributed by atoms with Crippen LogP contribution in [-0.4, -0.2) is 48.0 Å². The molecule has 0 unspecified atom stereocenters. The molecule has 27 heavy (non-hydrogen) atoms. The first-order valence-electron chi connectivity index (χ1n) is 8.72. The summed E-state index contributed by atoms with van der Waals surface area (Å²) in [7, 11) is -3.55. The molecule has 0 saturated carbocycles. The average molecular weight is 392 g/mol. The second-order valence-electron chi connectivity index (χ2n) is 5.91. The molecule has 0 aliphatic rings. The molecular formula is C18H24N4O4S. The zero-order valence-electron chi connectivity index (χ0n) is 15.7. The van der Waals surface area contributed by atoms with E-state index in [4.69, 9.17) is 0 Å². The SMILES string of the molecule is CCN(CC)S(=O)(=O)c1ccc(C(=O)NCCn2nc(C)ccc2=O)cc1. The van der Waals surface area contributed by atoms with Crippen LogP contribution in [0.25, 0.3) is 0 Å². The summed E-state index contributed by atoms with van der Waals surface area (Å²) in [6.07, 6.45) is 0. The zero-order chi connectivity index (χ0) is 20.0. The van der Waals surface area contributed by atoms with Crippen molar-refractivity contribution in [2.75, 3.05) is 19.6 Å². The van der Waals surface area contributed by atoms with Gasteiger partial charge < -0.3 is 5.32 Å². The maximum atomic E-state index is 12.4. The topological polar surface area (TPSA) is 101 Å². The molecule has 0 saturated heterocycles. The number of benzene rings is 1. The van der Waals surface area contributed by atoms with Crippen molar-refractivity contribution in [1.29, 1.82) is 0 Å². The van der Waals surface area contributed by atoms with E-state index in [2.05, 4.69) is 10.4 Å². The van der Waals surface area contributed by atoms with Gasteiger partial charge in [0, 0.05) is 31.3 Å². The molecule has 0 fully saturated rings. The first-order valence-corrected chi connectivity index (χ1v) is 10.2. The molecule has 2 aromatic rings. The lowest BCUT2D eigenvalue weighted by atomic mass is 10.2. The summed E-state index contributed by atoms with van der Waals surface area (Å²) in [5.41, 5.74) is 0.824. The van der Waals surface area contributed by atoms with Gasteiger partial charge in [0.25, 0.3) is 11.5 Å². The van der Waals surface area contributed by atoms with Gasteiger partial charge in [0.05, 0.1) is 17.1 Å². The molecule has 1 heterocycles. The van der Waals surface area contributed by atoms with Gasteiger partial charge in [0.1, 0.15) is 0 Å². The van der Waals surface area contributed by atoms with Crippen LogP contribution >= 0.6 is 0 Å². The van der Waals surface area contributed by atoms with E-state index in [9.17, 15) is 18.0 Å². The summed E-state index contributed by atoms with van der Waals surface area (Å²) in [4.78, 5) is 24.0. The number of nitrogens with one attached hydrogen (secondary N) is 1. The number of aromatic nitrogens is 2. The maximum Gasteiger partial charge on any atom is 0.266 e. The molecule has 2 rings (SSSR count). The molecule has 1 aromatic heterocycles. The van der Waals surface area contributed by atoms with Crippen molar-refractivity contribution in [3.8, 4) is 0 Å². The monoisotopic (exact) mass is 392 g/mol. The molecule has 0 aliphatic heterocycles. The van der Waals surface area contributed by atoms with Crippen molar-refractivity contribution in [3.05, 3.63) is 58.0 Å². The van der Waals surface area contributed by atoms with Crippen molar-refractivity contribution < 1.29 is 13.2 Å². The molecule has 9 heteroatoms. The highest BCUT2D eigenvalue weighted by Gasteiger charge is 2.21. The summed E-state index contributed by atoms with van der Waals surface area (Å²) >= 11 is 0. The van der Waals surface area contributed by atoms with E-state index in [-0.39, 0.29) is 29.5 Å². The Balaban J connectivity index is 2.01. The smallest absolute Gasteiger partial charge is 0.266 e. The average Bonchev–Trinajstić information content (AvgIpc) is 2.65. The van der Waals surface area contributed by atoms with Crippen molar-refractivity contribution >= 4 is 15.9 Å². The van der Waals surface area contributed by atoms with Crippen LogP contribution in [0.15, 0.2) is 46.1 Å². The summed E-state index contributed by atoms with van der Waals surface area (Å²) in [5, 5.41) is 6.79. The van der Waals surface area contributed by atoms with E-state index in [1.807, 2.05) is 0 Å². The number of hydrogen-bond acceptors (Lipinski definition) is 5. The first kappa shape index (κ1) is 20.8. The van der Waals surface area contributed by atoms with Crippen LogP contribution < -0.4 is 10.9 Å². The Bertz CT molecular complexity index is 948.